The molecule has 1 heterocycles. The number of piperidine rings is 1. The lowest BCUT2D eigenvalue weighted by atomic mass is 9.71. The van der Waals surface area contributed by atoms with E-state index >= 15 is 0 Å². The summed E-state index contributed by atoms with van der Waals surface area (Å²) in [5.74, 6) is 0.288. The number of aliphatic hydroxyl groups is 1. The fourth-order valence-corrected chi connectivity index (χ4v) is 3.66. The Labute approximate surface area is 124 Å². The number of halogens is 1. The SMILES string of the molecule is O=C(c1ccc(Cl)cc1)N1CCC2(O)CCCCC2C1. The Bertz CT molecular complexity index is 502. The minimum Gasteiger partial charge on any atom is -0.389 e. The van der Waals surface area contributed by atoms with Crippen LogP contribution in [0.5, 0.6) is 0 Å². The van der Waals surface area contributed by atoms with Crippen LogP contribution in [0, 0.1) is 5.92 Å². The van der Waals surface area contributed by atoms with Gasteiger partial charge in [-0.05, 0) is 43.5 Å². The van der Waals surface area contributed by atoms with Crippen LogP contribution in [0.25, 0.3) is 0 Å². The summed E-state index contributed by atoms with van der Waals surface area (Å²) >= 11 is 5.85. The van der Waals surface area contributed by atoms with Crippen molar-refractivity contribution in [3.63, 3.8) is 0 Å². The maximum absolute atomic E-state index is 12.5. The van der Waals surface area contributed by atoms with Gasteiger partial charge in [-0.3, -0.25) is 4.79 Å². The number of carbonyl (C=O) groups is 1. The molecule has 1 N–H and O–H groups in total. The van der Waals surface area contributed by atoms with E-state index in [0.717, 1.165) is 25.7 Å². The molecule has 108 valence electrons. The molecule has 2 fully saturated rings. The van der Waals surface area contributed by atoms with E-state index in [1.807, 2.05) is 4.90 Å². The van der Waals surface area contributed by atoms with Gasteiger partial charge in [0.25, 0.3) is 5.91 Å². The standard InChI is InChI=1S/C16H20ClNO2/c17-14-6-4-12(5-7-14)15(19)18-10-9-16(20)8-2-1-3-13(16)11-18/h4-7,13,20H,1-3,8-11H2. The number of hydrogen-bond donors (Lipinski definition) is 1. The van der Waals surface area contributed by atoms with Gasteiger partial charge in [-0.2, -0.15) is 0 Å². The van der Waals surface area contributed by atoms with Gasteiger partial charge in [-0.15, -0.1) is 0 Å². The fraction of sp³-hybridized carbons (Fsp3) is 0.562. The first-order valence-corrected chi connectivity index (χ1v) is 7.73. The van der Waals surface area contributed by atoms with Gasteiger partial charge in [0.05, 0.1) is 5.60 Å². The molecule has 1 aromatic rings. The molecule has 4 heteroatoms. The van der Waals surface area contributed by atoms with Crippen molar-refractivity contribution in [2.45, 2.75) is 37.7 Å². The molecule has 1 amide bonds. The molecule has 1 aromatic carbocycles. The second kappa shape index (κ2) is 5.38. The third-order valence-corrected chi connectivity index (χ3v) is 5.06. The summed E-state index contributed by atoms with van der Waals surface area (Å²) in [7, 11) is 0. The fourth-order valence-electron chi connectivity index (χ4n) is 3.53. The zero-order valence-corrected chi connectivity index (χ0v) is 12.3. The Morgan fingerprint density at radius 1 is 1.25 bits per heavy atom. The average molecular weight is 294 g/mol. The summed E-state index contributed by atoms with van der Waals surface area (Å²) in [5, 5.41) is 11.3. The van der Waals surface area contributed by atoms with Gasteiger partial charge in [0.1, 0.15) is 0 Å². The molecule has 0 radical (unpaired) electrons. The molecule has 1 saturated carbocycles. The van der Waals surface area contributed by atoms with Gasteiger partial charge < -0.3 is 10.0 Å². The van der Waals surface area contributed by atoms with Gasteiger partial charge in [0.15, 0.2) is 0 Å². The van der Waals surface area contributed by atoms with E-state index in [4.69, 9.17) is 11.6 Å². The lowest BCUT2D eigenvalue weighted by Gasteiger charge is -2.47. The van der Waals surface area contributed by atoms with Crippen molar-refractivity contribution in [3.05, 3.63) is 34.9 Å². The normalized spacial score (nSPS) is 29.9. The van der Waals surface area contributed by atoms with E-state index in [-0.39, 0.29) is 11.8 Å². The third kappa shape index (κ3) is 2.57. The smallest absolute Gasteiger partial charge is 0.253 e. The Hall–Kier alpha value is -1.06. The molecule has 1 aliphatic heterocycles. The summed E-state index contributed by atoms with van der Waals surface area (Å²) in [6, 6.07) is 7.03. The van der Waals surface area contributed by atoms with E-state index in [2.05, 4.69) is 0 Å². The van der Waals surface area contributed by atoms with Gasteiger partial charge in [-0.1, -0.05) is 24.4 Å². The number of amides is 1. The monoisotopic (exact) mass is 293 g/mol. The molecule has 20 heavy (non-hydrogen) atoms. The van der Waals surface area contributed by atoms with Crippen LogP contribution >= 0.6 is 11.6 Å². The molecule has 1 aliphatic carbocycles. The highest BCUT2D eigenvalue weighted by molar-refractivity contribution is 6.30. The zero-order chi connectivity index (χ0) is 14.2. The predicted molar refractivity (Wildman–Crippen MR) is 78.9 cm³/mol. The van der Waals surface area contributed by atoms with E-state index in [1.165, 1.54) is 0 Å². The minimum atomic E-state index is -0.533. The Morgan fingerprint density at radius 3 is 2.75 bits per heavy atom. The van der Waals surface area contributed by atoms with Crippen LogP contribution in [-0.2, 0) is 0 Å². The summed E-state index contributed by atoms with van der Waals surface area (Å²) in [4.78, 5) is 14.4. The molecule has 1 saturated heterocycles. The number of hydrogen-bond acceptors (Lipinski definition) is 2. The van der Waals surface area contributed by atoms with Crippen LogP contribution in [-0.4, -0.2) is 34.6 Å². The van der Waals surface area contributed by atoms with Gasteiger partial charge >= 0.3 is 0 Å². The van der Waals surface area contributed by atoms with Crippen LogP contribution in [0.15, 0.2) is 24.3 Å². The number of benzene rings is 1. The first-order chi connectivity index (χ1) is 9.58. The van der Waals surface area contributed by atoms with Crippen LogP contribution in [0.2, 0.25) is 5.02 Å². The number of carbonyl (C=O) groups excluding carboxylic acids is 1. The van der Waals surface area contributed by atoms with Gasteiger partial charge in [0.2, 0.25) is 0 Å². The Morgan fingerprint density at radius 2 is 2.00 bits per heavy atom. The molecule has 2 unspecified atom stereocenters. The van der Waals surface area contributed by atoms with Crippen molar-refractivity contribution in [2.75, 3.05) is 13.1 Å². The van der Waals surface area contributed by atoms with Gasteiger partial charge in [0, 0.05) is 29.6 Å². The van der Waals surface area contributed by atoms with Crippen LogP contribution < -0.4 is 0 Å². The predicted octanol–water partition coefficient (Wildman–Crippen LogP) is 3.11. The molecule has 0 aromatic heterocycles. The Kier molecular flexibility index (Phi) is 3.74. The highest BCUT2D eigenvalue weighted by Crippen LogP contribution is 2.40. The summed E-state index contributed by atoms with van der Waals surface area (Å²) in [5.41, 5.74) is 0.144. The molecule has 3 rings (SSSR count). The minimum absolute atomic E-state index is 0.0503. The highest BCUT2D eigenvalue weighted by Gasteiger charge is 2.43. The van der Waals surface area contributed by atoms with Crippen molar-refractivity contribution in [3.8, 4) is 0 Å². The number of likely N-dealkylation sites (tertiary alicyclic amines) is 1. The maximum atomic E-state index is 12.5. The quantitative estimate of drug-likeness (QED) is 0.864. The van der Waals surface area contributed by atoms with Crippen molar-refractivity contribution >= 4 is 17.5 Å². The first kappa shape index (κ1) is 13.9. The molecular formula is C16H20ClNO2. The number of fused-ring (bicyclic) bond motifs is 1. The van der Waals surface area contributed by atoms with Crippen LogP contribution in [0.1, 0.15) is 42.5 Å². The number of nitrogens with zero attached hydrogens (tertiary/aromatic N) is 1. The second-order valence-corrected chi connectivity index (χ2v) is 6.49. The van der Waals surface area contributed by atoms with Crippen LogP contribution in [0.4, 0.5) is 0 Å². The van der Waals surface area contributed by atoms with Crippen molar-refractivity contribution < 1.29 is 9.90 Å². The maximum Gasteiger partial charge on any atom is 0.253 e. The van der Waals surface area contributed by atoms with E-state index in [1.54, 1.807) is 24.3 Å². The summed E-state index contributed by atoms with van der Waals surface area (Å²) < 4.78 is 0. The molecule has 0 spiro atoms. The highest BCUT2D eigenvalue weighted by atomic mass is 35.5. The van der Waals surface area contributed by atoms with E-state index in [0.29, 0.717) is 30.1 Å². The van der Waals surface area contributed by atoms with Crippen LogP contribution in [0.3, 0.4) is 0 Å². The lowest BCUT2D eigenvalue weighted by molar-refractivity contribution is -0.0886. The first-order valence-electron chi connectivity index (χ1n) is 7.36. The van der Waals surface area contributed by atoms with Crippen molar-refractivity contribution in [2.24, 2.45) is 5.92 Å². The summed E-state index contributed by atoms with van der Waals surface area (Å²) in [6.07, 6.45) is 4.90. The second-order valence-electron chi connectivity index (χ2n) is 6.05. The van der Waals surface area contributed by atoms with Crippen molar-refractivity contribution in [1.82, 2.24) is 4.90 Å². The van der Waals surface area contributed by atoms with E-state index < -0.39 is 5.60 Å². The molecule has 0 bridgehead atoms. The topological polar surface area (TPSA) is 40.5 Å². The largest absolute Gasteiger partial charge is 0.389 e. The number of rotatable bonds is 1. The van der Waals surface area contributed by atoms with Gasteiger partial charge in [-0.25, -0.2) is 0 Å². The molecule has 2 atom stereocenters. The average Bonchev–Trinajstić information content (AvgIpc) is 2.46. The summed E-state index contributed by atoms with van der Waals surface area (Å²) in [6.45, 7) is 1.33. The zero-order valence-electron chi connectivity index (χ0n) is 11.5. The van der Waals surface area contributed by atoms with Crippen molar-refractivity contribution in [1.29, 1.82) is 0 Å². The molecular weight excluding hydrogens is 274 g/mol. The molecule has 2 aliphatic rings. The van der Waals surface area contributed by atoms with E-state index in [9.17, 15) is 9.90 Å². The third-order valence-electron chi connectivity index (χ3n) is 4.81. The Balaban J connectivity index is 1.72. The molecule has 3 nitrogen and oxygen atoms in total. The lowest BCUT2D eigenvalue weighted by Crippen LogP contribution is -2.54.